The molecule has 0 heterocycles. The van der Waals surface area contributed by atoms with Crippen LogP contribution in [-0.2, 0) is 17.9 Å². The molecule has 0 saturated heterocycles. The molecular weight excluding hydrogens is 290 g/mol. The first-order chi connectivity index (χ1) is 11.2. The second kappa shape index (κ2) is 8.96. The number of hydrogen-bond acceptors (Lipinski definition) is 4. The minimum atomic E-state index is -0.384. The van der Waals surface area contributed by atoms with Crippen LogP contribution in [0.4, 0.5) is 0 Å². The van der Waals surface area contributed by atoms with Gasteiger partial charge in [-0.25, -0.2) is 4.79 Å². The van der Waals surface area contributed by atoms with Gasteiger partial charge >= 0.3 is 5.97 Å². The van der Waals surface area contributed by atoms with Gasteiger partial charge in [0.15, 0.2) is 0 Å². The third kappa shape index (κ3) is 5.11. The van der Waals surface area contributed by atoms with E-state index < -0.39 is 0 Å². The van der Waals surface area contributed by atoms with Crippen LogP contribution in [0.25, 0.3) is 0 Å². The minimum absolute atomic E-state index is 0.384. The Labute approximate surface area is 137 Å². The third-order valence-electron chi connectivity index (χ3n) is 3.44. The smallest absolute Gasteiger partial charge is 0.341 e. The van der Waals surface area contributed by atoms with Crippen molar-refractivity contribution in [1.29, 1.82) is 0 Å². The number of carbonyl (C=O) groups excluding carboxylic acids is 1. The number of methoxy groups -OCH3 is 1. The summed E-state index contributed by atoms with van der Waals surface area (Å²) in [6, 6.07) is 15.5. The summed E-state index contributed by atoms with van der Waals surface area (Å²) in [5, 5.41) is 3.32. The first kappa shape index (κ1) is 17.0. The van der Waals surface area contributed by atoms with E-state index in [1.807, 2.05) is 48.5 Å². The normalized spacial score (nSPS) is 10.3. The fourth-order valence-electron chi connectivity index (χ4n) is 2.23. The number of rotatable bonds is 8. The molecule has 0 unspecified atom stereocenters. The lowest BCUT2D eigenvalue weighted by Gasteiger charge is -2.12. The first-order valence-corrected chi connectivity index (χ1v) is 7.83. The molecule has 0 atom stereocenters. The van der Waals surface area contributed by atoms with Gasteiger partial charge in [0, 0.05) is 6.54 Å². The Morgan fingerprint density at radius 2 is 1.87 bits per heavy atom. The number of esters is 1. The van der Waals surface area contributed by atoms with Crippen molar-refractivity contribution in [3.8, 4) is 5.75 Å². The van der Waals surface area contributed by atoms with Crippen LogP contribution in [0.2, 0.25) is 0 Å². The fraction of sp³-hybridized carbons (Fsp3) is 0.316. The molecule has 0 spiro atoms. The van der Waals surface area contributed by atoms with Crippen LogP contribution in [-0.4, -0.2) is 19.6 Å². The molecule has 4 nitrogen and oxygen atoms in total. The van der Waals surface area contributed by atoms with Crippen LogP contribution in [0.5, 0.6) is 5.75 Å². The van der Waals surface area contributed by atoms with Gasteiger partial charge in [-0.1, -0.05) is 43.3 Å². The summed E-state index contributed by atoms with van der Waals surface area (Å²) in [6.45, 7) is 4.20. The fourth-order valence-corrected chi connectivity index (χ4v) is 2.23. The molecule has 4 heteroatoms. The maximum Gasteiger partial charge on any atom is 0.341 e. The molecule has 0 aliphatic rings. The average molecular weight is 313 g/mol. The Hall–Kier alpha value is -2.33. The molecule has 1 N–H and O–H groups in total. The van der Waals surface area contributed by atoms with E-state index in [0.717, 1.165) is 30.6 Å². The van der Waals surface area contributed by atoms with Crippen molar-refractivity contribution in [3.63, 3.8) is 0 Å². The zero-order valence-electron chi connectivity index (χ0n) is 13.7. The van der Waals surface area contributed by atoms with Crippen molar-refractivity contribution in [2.75, 3.05) is 13.7 Å². The van der Waals surface area contributed by atoms with Crippen molar-refractivity contribution in [1.82, 2.24) is 5.32 Å². The zero-order valence-corrected chi connectivity index (χ0v) is 13.7. The maximum atomic E-state index is 12.0. The summed E-state index contributed by atoms with van der Waals surface area (Å²) in [6.07, 6.45) is 1.07. The van der Waals surface area contributed by atoms with Crippen molar-refractivity contribution in [2.24, 2.45) is 0 Å². The highest BCUT2D eigenvalue weighted by Gasteiger charge is 2.14. The zero-order chi connectivity index (χ0) is 16.5. The lowest BCUT2D eigenvalue weighted by molar-refractivity contribution is 0.0595. The Kier molecular flexibility index (Phi) is 6.63. The lowest BCUT2D eigenvalue weighted by atomic mass is 10.1. The van der Waals surface area contributed by atoms with Crippen LogP contribution >= 0.6 is 0 Å². The molecule has 0 aromatic heterocycles. The Morgan fingerprint density at radius 1 is 1.09 bits per heavy atom. The number of ether oxygens (including phenoxy) is 2. The highest BCUT2D eigenvalue weighted by molar-refractivity contribution is 5.92. The number of hydrogen-bond donors (Lipinski definition) is 1. The second-order valence-electron chi connectivity index (χ2n) is 5.27. The van der Waals surface area contributed by atoms with Crippen LogP contribution in [0.3, 0.4) is 0 Å². The molecule has 0 aliphatic carbocycles. The van der Waals surface area contributed by atoms with E-state index >= 15 is 0 Å². The van der Waals surface area contributed by atoms with Crippen molar-refractivity contribution in [2.45, 2.75) is 26.5 Å². The summed E-state index contributed by atoms with van der Waals surface area (Å²) < 4.78 is 10.7. The van der Waals surface area contributed by atoms with Gasteiger partial charge in [0.05, 0.1) is 7.11 Å². The number of carbonyl (C=O) groups is 1. The molecule has 0 radical (unpaired) electrons. The molecule has 122 valence electrons. The monoisotopic (exact) mass is 313 g/mol. The number of benzene rings is 2. The van der Waals surface area contributed by atoms with E-state index in [0.29, 0.717) is 17.9 Å². The van der Waals surface area contributed by atoms with Gasteiger partial charge in [0.25, 0.3) is 0 Å². The standard InChI is InChI=1S/C19H23NO3/c1-3-11-20-13-16-9-10-18(17(12-16)19(21)22-2)23-14-15-7-5-4-6-8-15/h4-10,12,20H,3,11,13-14H2,1-2H3. The molecule has 0 bridgehead atoms. The summed E-state index contributed by atoms with van der Waals surface area (Å²) in [4.78, 5) is 12.0. The third-order valence-corrected chi connectivity index (χ3v) is 3.44. The highest BCUT2D eigenvalue weighted by Crippen LogP contribution is 2.22. The summed E-state index contributed by atoms with van der Waals surface area (Å²) in [7, 11) is 1.38. The van der Waals surface area contributed by atoms with E-state index in [9.17, 15) is 4.79 Å². The van der Waals surface area contributed by atoms with Crippen LogP contribution in [0, 0.1) is 0 Å². The van der Waals surface area contributed by atoms with E-state index in [2.05, 4.69) is 12.2 Å². The van der Waals surface area contributed by atoms with Gasteiger partial charge in [0.2, 0.25) is 0 Å². The maximum absolute atomic E-state index is 12.0. The summed E-state index contributed by atoms with van der Waals surface area (Å²) in [5.74, 6) is 0.158. The molecule has 0 aliphatic heterocycles. The van der Waals surface area contributed by atoms with Crippen LogP contribution in [0.1, 0.15) is 34.8 Å². The molecule has 2 aromatic carbocycles. The van der Waals surface area contributed by atoms with Crippen LogP contribution in [0.15, 0.2) is 48.5 Å². The largest absolute Gasteiger partial charge is 0.488 e. The molecule has 0 saturated carbocycles. The molecule has 0 amide bonds. The summed E-state index contributed by atoms with van der Waals surface area (Å²) >= 11 is 0. The Balaban J connectivity index is 2.12. The predicted octanol–water partition coefficient (Wildman–Crippen LogP) is 3.55. The average Bonchev–Trinajstić information content (AvgIpc) is 2.61. The van der Waals surface area contributed by atoms with E-state index in [1.54, 1.807) is 0 Å². The first-order valence-electron chi connectivity index (χ1n) is 7.83. The van der Waals surface area contributed by atoms with Crippen LogP contribution < -0.4 is 10.1 Å². The van der Waals surface area contributed by atoms with Gasteiger partial charge in [0.1, 0.15) is 17.9 Å². The topological polar surface area (TPSA) is 47.6 Å². The van der Waals surface area contributed by atoms with Crippen molar-refractivity contribution in [3.05, 3.63) is 65.2 Å². The van der Waals surface area contributed by atoms with E-state index in [1.165, 1.54) is 7.11 Å². The molecule has 23 heavy (non-hydrogen) atoms. The summed E-state index contributed by atoms with van der Waals surface area (Å²) in [5.41, 5.74) is 2.54. The molecule has 2 rings (SSSR count). The van der Waals surface area contributed by atoms with Gasteiger partial charge < -0.3 is 14.8 Å². The molecule has 0 fully saturated rings. The predicted molar refractivity (Wildman–Crippen MR) is 90.6 cm³/mol. The molecule has 2 aromatic rings. The van der Waals surface area contributed by atoms with Gasteiger partial charge in [-0.05, 0) is 36.2 Å². The Morgan fingerprint density at radius 3 is 2.57 bits per heavy atom. The van der Waals surface area contributed by atoms with Crippen molar-refractivity contribution >= 4 is 5.97 Å². The van der Waals surface area contributed by atoms with Crippen molar-refractivity contribution < 1.29 is 14.3 Å². The van der Waals surface area contributed by atoms with Gasteiger partial charge in [-0.3, -0.25) is 0 Å². The molecular formula is C19H23NO3. The number of nitrogens with one attached hydrogen (secondary N) is 1. The van der Waals surface area contributed by atoms with E-state index in [-0.39, 0.29) is 5.97 Å². The van der Waals surface area contributed by atoms with E-state index in [4.69, 9.17) is 9.47 Å². The van der Waals surface area contributed by atoms with Gasteiger partial charge in [-0.15, -0.1) is 0 Å². The second-order valence-corrected chi connectivity index (χ2v) is 5.27. The SMILES string of the molecule is CCCNCc1ccc(OCc2ccccc2)c(C(=O)OC)c1. The minimum Gasteiger partial charge on any atom is -0.488 e. The van der Waals surface area contributed by atoms with Gasteiger partial charge in [-0.2, -0.15) is 0 Å². The Bertz CT molecular complexity index is 626. The highest BCUT2D eigenvalue weighted by atomic mass is 16.5. The lowest BCUT2D eigenvalue weighted by Crippen LogP contribution is -2.14. The quantitative estimate of drug-likeness (QED) is 0.598.